The molecule has 1 N–H and O–H groups in total. The minimum Gasteiger partial charge on any atom is -0.325 e. The van der Waals surface area contributed by atoms with Crippen LogP contribution in [0.15, 0.2) is 16.6 Å². The third-order valence-corrected chi connectivity index (χ3v) is 5.38. The van der Waals surface area contributed by atoms with E-state index in [4.69, 9.17) is 0 Å². The molecule has 0 aliphatic heterocycles. The SMILES string of the molecule is Cc1cc(C)c(NC(=O)C2CC3CCC2C3)c(Br)c1. The normalized spacial score (nSPS) is 28.7. The first-order valence-corrected chi connectivity index (χ1v) is 7.91. The maximum Gasteiger partial charge on any atom is 0.227 e. The molecule has 1 aromatic carbocycles. The molecule has 2 bridgehead atoms. The predicted molar refractivity (Wildman–Crippen MR) is 81.2 cm³/mol. The molecule has 0 saturated heterocycles. The molecular formula is C16H20BrNO. The van der Waals surface area contributed by atoms with Crippen LogP contribution in [-0.2, 0) is 4.79 Å². The van der Waals surface area contributed by atoms with Gasteiger partial charge >= 0.3 is 0 Å². The first-order chi connectivity index (χ1) is 9.04. The monoisotopic (exact) mass is 321 g/mol. The van der Waals surface area contributed by atoms with Crippen molar-refractivity contribution >= 4 is 27.5 Å². The van der Waals surface area contributed by atoms with Crippen LogP contribution in [0.5, 0.6) is 0 Å². The van der Waals surface area contributed by atoms with Crippen molar-refractivity contribution in [3.05, 3.63) is 27.7 Å². The van der Waals surface area contributed by atoms with Gasteiger partial charge in [-0.05, 0) is 78.1 Å². The fourth-order valence-electron chi connectivity index (χ4n) is 3.86. The Morgan fingerprint density at radius 3 is 2.63 bits per heavy atom. The average Bonchev–Trinajstić information content (AvgIpc) is 2.95. The number of carbonyl (C=O) groups is 1. The predicted octanol–water partition coefficient (Wildman–Crippen LogP) is 4.44. The molecule has 2 saturated carbocycles. The molecule has 3 heteroatoms. The minimum atomic E-state index is 0.222. The van der Waals surface area contributed by atoms with Gasteiger partial charge in [-0.3, -0.25) is 4.79 Å². The number of hydrogen-bond donors (Lipinski definition) is 1. The van der Waals surface area contributed by atoms with Crippen LogP contribution in [0.25, 0.3) is 0 Å². The topological polar surface area (TPSA) is 29.1 Å². The van der Waals surface area contributed by atoms with Crippen LogP contribution in [0.4, 0.5) is 5.69 Å². The number of anilines is 1. The van der Waals surface area contributed by atoms with Crippen molar-refractivity contribution < 1.29 is 4.79 Å². The Kier molecular flexibility index (Phi) is 3.42. The quantitative estimate of drug-likeness (QED) is 0.857. The summed E-state index contributed by atoms with van der Waals surface area (Å²) in [5, 5.41) is 3.15. The van der Waals surface area contributed by atoms with Crippen LogP contribution in [0.3, 0.4) is 0 Å². The third-order valence-electron chi connectivity index (χ3n) is 4.75. The van der Waals surface area contributed by atoms with E-state index < -0.39 is 0 Å². The van der Waals surface area contributed by atoms with Gasteiger partial charge in [-0.2, -0.15) is 0 Å². The second-order valence-electron chi connectivity index (χ2n) is 6.21. The van der Waals surface area contributed by atoms with Crippen LogP contribution in [-0.4, -0.2) is 5.91 Å². The molecule has 0 spiro atoms. The van der Waals surface area contributed by atoms with E-state index in [0.717, 1.165) is 28.1 Å². The minimum absolute atomic E-state index is 0.222. The summed E-state index contributed by atoms with van der Waals surface area (Å²) in [6, 6.07) is 4.17. The molecule has 3 atom stereocenters. The summed E-state index contributed by atoms with van der Waals surface area (Å²) in [5.74, 6) is 1.91. The highest BCUT2D eigenvalue weighted by Crippen LogP contribution is 2.48. The number of carbonyl (C=O) groups excluding carboxylic acids is 1. The summed E-state index contributed by atoms with van der Waals surface area (Å²) in [6.07, 6.45) is 4.95. The number of aryl methyl sites for hydroxylation is 2. The molecule has 1 aromatic rings. The molecule has 0 radical (unpaired) electrons. The van der Waals surface area contributed by atoms with Crippen molar-refractivity contribution in [2.75, 3.05) is 5.32 Å². The van der Waals surface area contributed by atoms with Gasteiger partial charge in [-0.15, -0.1) is 0 Å². The lowest BCUT2D eigenvalue weighted by Gasteiger charge is -2.22. The van der Waals surface area contributed by atoms with Gasteiger partial charge in [-0.1, -0.05) is 12.5 Å². The molecule has 19 heavy (non-hydrogen) atoms. The number of halogens is 1. The number of rotatable bonds is 2. The van der Waals surface area contributed by atoms with E-state index in [1.807, 2.05) is 6.92 Å². The Bertz CT molecular complexity index is 502. The lowest BCUT2D eigenvalue weighted by atomic mass is 9.88. The van der Waals surface area contributed by atoms with E-state index in [2.05, 4.69) is 40.3 Å². The second kappa shape index (κ2) is 4.93. The van der Waals surface area contributed by atoms with Gasteiger partial charge in [0.25, 0.3) is 0 Å². The van der Waals surface area contributed by atoms with Crippen molar-refractivity contribution in [2.45, 2.75) is 39.5 Å². The first-order valence-electron chi connectivity index (χ1n) is 7.12. The smallest absolute Gasteiger partial charge is 0.227 e. The first kappa shape index (κ1) is 13.2. The van der Waals surface area contributed by atoms with E-state index in [1.165, 1.54) is 24.8 Å². The van der Waals surface area contributed by atoms with Gasteiger partial charge in [-0.25, -0.2) is 0 Å². The van der Waals surface area contributed by atoms with E-state index in [0.29, 0.717) is 5.92 Å². The highest BCUT2D eigenvalue weighted by atomic mass is 79.9. The molecule has 102 valence electrons. The van der Waals surface area contributed by atoms with Crippen molar-refractivity contribution in [1.82, 2.24) is 0 Å². The van der Waals surface area contributed by atoms with Crippen molar-refractivity contribution in [1.29, 1.82) is 0 Å². The van der Waals surface area contributed by atoms with Gasteiger partial charge in [0, 0.05) is 10.4 Å². The summed E-state index contributed by atoms with van der Waals surface area (Å²) < 4.78 is 0.988. The van der Waals surface area contributed by atoms with E-state index in [-0.39, 0.29) is 11.8 Å². The van der Waals surface area contributed by atoms with Gasteiger partial charge in [0.15, 0.2) is 0 Å². The molecule has 2 aliphatic rings. The molecule has 2 nitrogen and oxygen atoms in total. The fraction of sp³-hybridized carbons (Fsp3) is 0.562. The molecule has 3 unspecified atom stereocenters. The number of fused-ring (bicyclic) bond motifs is 2. The highest BCUT2D eigenvalue weighted by molar-refractivity contribution is 9.10. The van der Waals surface area contributed by atoms with Crippen LogP contribution < -0.4 is 5.32 Å². The molecule has 3 rings (SSSR count). The molecule has 1 amide bonds. The fourth-order valence-corrected chi connectivity index (χ4v) is 4.63. The van der Waals surface area contributed by atoms with Crippen molar-refractivity contribution in [2.24, 2.45) is 17.8 Å². The van der Waals surface area contributed by atoms with E-state index in [9.17, 15) is 4.79 Å². The zero-order valence-electron chi connectivity index (χ0n) is 11.5. The Morgan fingerprint density at radius 1 is 1.26 bits per heavy atom. The number of amides is 1. The van der Waals surface area contributed by atoms with Crippen molar-refractivity contribution in [3.8, 4) is 0 Å². The Morgan fingerprint density at radius 2 is 2.05 bits per heavy atom. The highest BCUT2D eigenvalue weighted by Gasteiger charge is 2.43. The lowest BCUT2D eigenvalue weighted by Crippen LogP contribution is -2.27. The van der Waals surface area contributed by atoms with Gasteiger partial charge in [0.05, 0.1) is 5.69 Å². The number of hydrogen-bond acceptors (Lipinski definition) is 1. The van der Waals surface area contributed by atoms with Gasteiger partial charge in [0.2, 0.25) is 5.91 Å². The third kappa shape index (κ3) is 2.45. The molecule has 2 fully saturated rings. The molecule has 0 aromatic heterocycles. The summed E-state index contributed by atoms with van der Waals surface area (Å²) in [6.45, 7) is 4.12. The summed E-state index contributed by atoms with van der Waals surface area (Å²) in [7, 11) is 0. The maximum atomic E-state index is 12.5. The van der Waals surface area contributed by atoms with E-state index >= 15 is 0 Å². The Balaban J connectivity index is 1.77. The van der Waals surface area contributed by atoms with Crippen LogP contribution >= 0.6 is 15.9 Å². The Labute approximate surface area is 123 Å². The number of benzene rings is 1. The summed E-state index contributed by atoms with van der Waals surface area (Å²) >= 11 is 3.56. The maximum absolute atomic E-state index is 12.5. The van der Waals surface area contributed by atoms with Gasteiger partial charge in [0.1, 0.15) is 0 Å². The molecule has 0 heterocycles. The largest absolute Gasteiger partial charge is 0.325 e. The zero-order chi connectivity index (χ0) is 13.6. The van der Waals surface area contributed by atoms with Crippen molar-refractivity contribution in [3.63, 3.8) is 0 Å². The van der Waals surface area contributed by atoms with E-state index in [1.54, 1.807) is 0 Å². The molecular weight excluding hydrogens is 302 g/mol. The van der Waals surface area contributed by atoms with Crippen LogP contribution in [0.2, 0.25) is 0 Å². The standard InChI is InChI=1S/C16H20BrNO/c1-9-5-10(2)15(14(17)6-9)18-16(19)13-8-11-3-4-12(13)7-11/h5-6,11-13H,3-4,7-8H2,1-2H3,(H,18,19). The average molecular weight is 322 g/mol. The van der Waals surface area contributed by atoms with Crippen LogP contribution in [0, 0.1) is 31.6 Å². The number of nitrogens with one attached hydrogen (secondary N) is 1. The summed E-state index contributed by atoms with van der Waals surface area (Å²) in [4.78, 5) is 12.5. The van der Waals surface area contributed by atoms with Gasteiger partial charge < -0.3 is 5.32 Å². The van der Waals surface area contributed by atoms with Crippen LogP contribution in [0.1, 0.15) is 36.8 Å². The Hall–Kier alpha value is -0.830. The second-order valence-corrected chi connectivity index (χ2v) is 7.06. The lowest BCUT2D eigenvalue weighted by molar-refractivity contribution is -0.121. The summed E-state index contributed by atoms with van der Waals surface area (Å²) in [5.41, 5.74) is 3.28. The zero-order valence-corrected chi connectivity index (χ0v) is 13.1. The molecule has 2 aliphatic carbocycles.